The number of rotatable bonds is 7. The summed E-state index contributed by atoms with van der Waals surface area (Å²) >= 11 is 0. The van der Waals surface area contributed by atoms with Gasteiger partial charge in [0.1, 0.15) is 0 Å². The third-order valence-corrected chi connectivity index (χ3v) is 3.61. The number of carbonyl (C=O) groups is 2. The van der Waals surface area contributed by atoms with Gasteiger partial charge in [-0.25, -0.2) is 9.80 Å². The second-order valence-corrected chi connectivity index (χ2v) is 5.09. The van der Waals surface area contributed by atoms with Crippen LogP contribution in [-0.2, 0) is 11.2 Å². The van der Waals surface area contributed by atoms with Crippen LogP contribution in [0.3, 0.4) is 0 Å². The molecule has 2 rings (SSSR count). The molecule has 1 aliphatic heterocycles. The molecule has 22 heavy (non-hydrogen) atoms. The van der Waals surface area contributed by atoms with E-state index in [0.717, 1.165) is 5.56 Å². The smallest absolute Gasteiger partial charge is 0.335 e. The molecule has 1 amide bonds. The maximum atomic E-state index is 11.9. The van der Waals surface area contributed by atoms with Gasteiger partial charge in [-0.1, -0.05) is 24.3 Å². The van der Waals surface area contributed by atoms with Crippen molar-refractivity contribution < 1.29 is 19.8 Å². The van der Waals surface area contributed by atoms with Gasteiger partial charge >= 0.3 is 5.97 Å². The summed E-state index contributed by atoms with van der Waals surface area (Å²) in [5.41, 5.74) is 1.26. The van der Waals surface area contributed by atoms with Crippen molar-refractivity contribution in [2.24, 2.45) is 0 Å². The van der Waals surface area contributed by atoms with Gasteiger partial charge in [0.05, 0.1) is 12.2 Å². The minimum absolute atomic E-state index is 0.00227. The number of carbonyl (C=O) groups excluding carboxylic acids is 1. The lowest BCUT2D eigenvalue weighted by molar-refractivity contribution is -0.137. The summed E-state index contributed by atoms with van der Waals surface area (Å²) in [6.07, 6.45) is 4.68. The van der Waals surface area contributed by atoms with Gasteiger partial charge in [-0.05, 0) is 24.1 Å². The molecule has 1 aliphatic rings. The molecular formula is C16H20N2O4. The minimum Gasteiger partial charge on any atom is -0.478 e. The van der Waals surface area contributed by atoms with Crippen LogP contribution >= 0.6 is 0 Å². The second-order valence-electron chi connectivity index (χ2n) is 5.09. The monoisotopic (exact) mass is 304 g/mol. The fraction of sp³-hybridized carbons (Fsp3) is 0.375. The van der Waals surface area contributed by atoms with E-state index in [1.807, 2.05) is 11.1 Å². The molecule has 1 heterocycles. The average Bonchev–Trinajstić information content (AvgIpc) is 2.86. The standard InChI is InChI=1S/C16H20N2O4/c19-12-2-1-9-17-10-8-15(20)18(17)11-7-13-3-5-14(6-4-13)16(21)22/h1-6,19H,7-12H2,(H,21,22)/b2-1+. The van der Waals surface area contributed by atoms with Crippen LogP contribution < -0.4 is 0 Å². The Hall–Kier alpha value is -2.18. The fourth-order valence-electron chi connectivity index (χ4n) is 2.41. The first-order chi connectivity index (χ1) is 10.6. The molecule has 1 saturated heterocycles. The Kier molecular flexibility index (Phi) is 5.68. The van der Waals surface area contributed by atoms with E-state index in [4.69, 9.17) is 10.2 Å². The number of hydrazine groups is 1. The maximum Gasteiger partial charge on any atom is 0.335 e. The zero-order valence-corrected chi connectivity index (χ0v) is 12.3. The van der Waals surface area contributed by atoms with Crippen molar-refractivity contribution in [3.63, 3.8) is 0 Å². The summed E-state index contributed by atoms with van der Waals surface area (Å²) in [7, 11) is 0. The Balaban J connectivity index is 1.91. The molecule has 0 radical (unpaired) electrons. The number of carboxylic acids is 1. The van der Waals surface area contributed by atoms with Gasteiger partial charge in [-0.2, -0.15) is 0 Å². The van der Waals surface area contributed by atoms with E-state index in [2.05, 4.69) is 0 Å². The van der Waals surface area contributed by atoms with Crippen LogP contribution in [0, 0.1) is 0 Å². The van der Waals surface area contributed by atoms with Gasteiger partial charge in [0, 0.05) is 26.1 Å². The molecule has 1 aromatic carbocycles. The number of aliphatic hydroxyl groups is 1. The van der Waals surface area contributed by atoms with Gasteiger partial charge < -0.3 is 10.2 Å². The average molecular weight is 304 g/mol. The Labute approximate surface area is 129 Å². The van der Waals surface area contributed by atoms with E-state index in [1.54, 1.807) is 35.4 Å². The molecule has 6 heteroatoms. The zero-order valence-electron chi connectivity index (χ0n) is 12.3. The Morgan fingerprint density at radius 3 is 2.59 bits per heavy atom. The van der Waals surface area contributed by atoms with Crippen molar-refractivity contribution >= 4 is 11.9 Å². The van der Waals surface area contributed by atoms with Gasteiger partial charge in [-0.3, -0.25) is 9.80 Å². The van der Waals surface area contributed by atoms with Crippen LogP contribution in [0.15, 0.2) is 36.4 Å². The Morgan fingerprint density at radius 1 is 1.23 bits per heavy atom. The van der Waals surface area contributed by atoms with E-state index in [-0.39, 0.29) is 18.1 Å². The molecule has 0 atom stereocenters. The van der Waals surface area contributed by atoms with Crippen molar-refractivity contribution in [3.8, 4) is 0 Å². The first-order valence-corrected chi connectivity index (χ1v) is 7.25. The van der Waals surface area contributed by atoms with Gasteiger partial charge in [0.15, 0.2) is 0 Å². The number of hydrogen-bond acceptors (Lipinski definition) is 4. The van der Waals surface area contributed by atoms with Crippen molar-refractivity contribution in [1.29, 1.82) is 0 Å². The van der Waals surface area contributed by atoms with Crippen LogP contribution in [0.1, 0.15) is 22.3 Å². The van der Waals surface area contributed by atoms with Gasteiger partial charge in [0.2, 0.25) is 5.91 Å². The van der Waals surface area contributed by atoms with Crippen LogP contribution in [0.5, 0.6) is 0 Å². The number of aromatic carboxylic acids is 1. The highest BCUT2D eigenvalue weighted by Crippen LogP contribution is 2.14. The molecule has 1 aromatic rings. The van der Waals surface area contributed by atoms with E-state index in [9.17, 15) is 9.59 Å². The molecule has 0 saturated carbocycles. The van der Waals surface area contributed by atoms with Crippen molar-refractivity contribution in [3.05, 3.63) is 47.5 Å². The van der Waals surface area contributed by atoms with Crippen LogP contribution in [0.4, 0.5) is 0 Å². The van der Waals surface area contributed by atoms with Gasteiger partial charge in [-0.15, -0.1) is 0 Å². The number of hydrogen-bond donors (Lipinski definition) is 2. The molecule has 0 unspecified atom stereocenters. The molecule has 118 valence electrons. The van der Waals surface area contributed by atoms with Crippen molar-refractivity contribution in [1.82, 2.24) is 10.0 Å². The summed E-state index contributed by atoms with van der Waals surface area (Å²) in [6.45, 7) is 1.85. The fourth-order valence-corrected chi connectivity index (χ4v) is 2.41. The molecule has 1 fully saturated rings. The number of nitrogens with zero attached hydrogens (tertiary/aromatic N) is 2. The molecule has 6 nitrogen and oxygen atoms in total. The number of carboxylic acid groups (broad SMARTS) is 1. The topological polar surface area (TPSA) is 81.1 Å². The lowest BCUT2D eigenvalue weighted by Crippen LogP contribution is -2.40. The van der Waals surface area contributed by atoms with E-state index >= 15 is 0 Å². The lowest BCUT2D eigenvalue weighted by atomic mass is 10.1. The Bertz CT molecular complexity index is 554. The van der Waals surface area contributed by atoms with Crippen molar-refractivity contribution in [2.75, 3.05) is 26.2 Å². The number of aliphatic hydroxyl groups excluding tert-OH is 1. The third-order valence-electron chi connectivity index (χ3n) is 3.61. The van der Waals surface area contributed by atoms with Crippen LogP contribution in [-0.4, -0.2) is 58.3 Å². The largest absolute Gasteiger partial charge is 0.478 e. The molecule has 0 aliphatic carbocycles. The molecular weight excluding hydrogens is 284 g/mol. The predicted octanol–water partition coefficient (Wildman–Crippen LogP) is 0.925. The number of amides is 1. The Morgan fingerprint density at radius 2 is 1.95 bits per heavy atom. The predicted molar refractivity (Wildman–Crippen MR) is 81.2 cm³/mol. The summed E-state index contributed by atoms with van der Waals surface area (Å²) in [6, 6.07) is 6.70. The van der Waals surface area contributed by atoms with Crippen LogP contribution in [0.2, 0.25) is 0 Å². The first-order valence-electron chi connectivity index (χ1n) is 7.25. The summed E-state index contributed by atoms with van der Waals surface area (Å²) in [4.78, 5) is 22.7. The molecule has 0 spiro atoms. The molecule has 0 aromatic heterocycles. The highest BCUT2D eigenvalue weighted by molar-refractivity contribution is 5.87. The quantitative estimate of drug-likeness (QED) is 0.732. The summed E-state index contributed by atoms with van der Waals surface area (Å²) < 4.78 is 0. The first kappa shape index (κ1) is 16.2. The zero-order chi connectivity index (χ0) is 15.9. The summed E-state index contributed by atoms with van der Waals surface area (Å²) in [5, 5.41) is 21.3. The number of benzene rings is 1. The van der Waals surface area contributed by atoms with E-state index < -0.39 is 5.97 Å². The normalized spacial score (nSPS) is 15.9. The lowest BCUT2D eigenvalue weighted by Gasteiger charge is -2.27. The van der Waals surface area contributed by atoms with Crippen LogP contribution in [0.25, 0.3) is 0 Å². The summed E-state index contributed by atoms with van der Waals surface area (Å²) in [5.74, 6) is -0.845. The van der Waals surface area contributed by atoms with E-state index in [0.29, 0.717) is 32.5 Å². The molecule has 0 bridgehead atoms. The highest BCUT2D eigenvalue weighted by atomic mass is 16.4. The second kappa shape index (κ2) is 7.72. The SMILES string of the molecule is O=C(O)c1ccc(CCN2C(=O)CCN2C/C=C/CO)cc1. The minimum atomic E-state index is -0.942. The maximum absolute atomic E-state index is 11.9. The highest BCUT2D eigenvalue weighted by Gasteiger charge is 2.27. The third kappa shape index (κ3) is 4.16. The van der Waals surface area contributed by atoms with Gasteiger partial charge in [0.25, 0.3) is 0 Å². The molecule has 2 N–H and O–H groups in total. The van der Waals surface area contributed by atoms with Crippen molar-refractivity contribution in [2.45, 2.75) is 12.8 Å². The van der Waals surface area contributed by atoms with E-state index in [1.165, 1.54) is 0 Å².